The summed E-state index contributed by atoms with van der Waals surface area (Å²) in [6.45, 7) is 6.06. The van der Waals surface area contributed by atoms with Gasteiger partial charge in [0.15, 0.2) is 0 Å². The van der Waals surface area contributed by atoms with Crippen molar-refractivity contribution in [3.8, 4) is 5.75 Å². The van der Waals surface area contributed by atoms with Crippen molar-refractivity contribution in [2.45, 2.75) is 6.92 Å². The van der Waals surface area contributed by atoms with E-state index in [0.717, 1.165) is 37.7 Å². The molecule has 1 fully saturated rings. The minimum atomic E-state index is 0.912. The average molecular weight is 283 g/mol. The minimum absolute atomic E-state index is 0.912. The first kappa shape index (κ1) is 13.7. The van der Waals surface area contributed by atoms with Gasteiger partial charge in [-0.15, -0.1) is 0 Å². The summed E-state index contributed by atoms with van der Waals surface area (Å²) in [5.41, 5.74) is 2.43. The van der Waals surface area contributed by atoms with Crippen molar-refractivity contribution < 1.29 is 4.74 Å². The van der Waals surface area contributed by atoms with Crippen LogP contribution in [0.2, 0.25) is 0 Å². The third-order valence-corrected chi connectivity index (χ3v) is 3.92. The Bertz CT molecular complexity index is 589. The lowest BCUT2D eigenvalue weighted by Gasteiger charge is -2.36. The van der Waals surface area contributed by atoms with Gasteiger partial charge in [-0.05, 0) is 30.7 Å². The van der Waals surface area contributed by atoms with Crippen molar-refractivity contribution in [3.63, 3.8) is 0 Å². The Morgan fingerprint density at radius 1 is 1.00 bits per heavy atom. The van der Waals surface area contributed by atoms with Gasteiger partial charge in [-0.25, -0.2) is 4.98 Å². The fourth-order valence-electron chi connectivity index (χ4n) is 2.65. The van der Waals surface area contributed by atoms with E-state index in [1.54, 1.807) is 7.11 Å². The van der Waals surface area contributed by atoms with Gasteiger partial charge < -0.3 is 14.5 Å². The molecule has 4 nitrogen and oxygen atoms in total. The molecule has 0 bridgehead atoms. The molecule has 21 heavy (non-hydrogen) atoms. The van der Waals surface area contributed by atoms with E-state index >= 15 is 0 Å². The Labute approximate surface area is 126 Å². The molecule has 2 heterocycles. The molecular weight excluding hydrogens is 262 g/mol. The number of aromatic nitrogens is 1. The number of aryl methyl sites for hydroxylation is 1. The molecule has 0 spiro atoms. The van der Waals surface area contributed by atoms with Gasteiger partial charge in [0.2, 0.25) is 0 Å². The minimum Gasteiger partial charge on any atom is -0.497 e. The van der Waals surface area contributed by atoms with E-state index < -0.39 is 0 Å². The van der Waals surface area contributed by atoms with Crippen molar-refractivity contribution in [1.29, 1.82) is 0 Å². The quantitative estimate of drug-likeness (QED) is 0.866. The summed E-state index contributed by atoms with van der Waals surface area (Å²) in [5, 5.41) is 0. The molecule has 1 aromatic carbocycles. The van der Waals surface area contributed by atoms with Crippen LogP contribution in [0.25, 0.3) is 0 Å². The third kappa shape index (κ3) is 3.10. The predicted molar refractivity (Wildman–Crippen MR) is 86.4 cm³/mol. The second-order valence-corrected chi connectivity index (χ2v) is 5.37. The molecule has 2 aromatic rings. The van der Waals surface area contributed by atoms with Crippen molar-refractivity contribution in [2.75, 3.05) is 43.1 Å². The zero-order chi connectivity index (χ0) is 14.7. The number of piperazine rings is 1. The molecule has 110 valence electrons. The predicted octanol–water partition coefficient (Wildman–Crippen LogP) is 2.73. The van der Waals surface area contributed by atoms with Crippen LogP contribution < -0.4 is 14.5 Å². The fraction of sp³-hybridized carbons (Fsp3) is 0.353. The summed E-state index contributed by atoms with van der Waals surface area (Å²) < 4.78 is 5.30. The summed E-state index contributed by atoms with van der Waals surface area (Å²) in [7, 11) is 1.71. The van der Waals surface area contributed by atoms with Crippen LogP contribution in [0.5, 0.6) is 5.75 Å². The van der Waals surface area contributed by atoms with E-state index in [2.05, 4.69) is 46.0 Å². The van der Waals surface area contributed by atoms with E-state index in [1.807, 2.05) is 18.3 Å². The SMILES string of the molecule is COc1cccc(N2CCN(c3ccc(C)cn3)CC2)c1. The van der Waals surface area contributed by atoms with Crippen molar-refractivity contribution >= 4 is 11.5 Å². The van der Waals surface area contributed by atoms with Gasteiger partial charge in [-0.2, -0.15) is 0 Å². The number of anilines is 2. The highest BCUT2D eigenvalue weighted by Crippen LogP contribution is 2.23. The number of methoxy groups -OCH3 is 1. The van der Waals surface area contributed by atoms with Crippen molar-refractivity contribution in [2.24, 2.45) is 0 Å². The van der Waals surface area contributed by atoms with E-state index in [4.69, 9.17) is 4.74 Å². The lowest BCUT2D eigenvalue weighted by atomic mass is 10.2. The molecule has 4 heteroatoms. The lowest BCUT2D eigenvalue weighted by Crippen LogP contribution is -2.46. The zero-order valence-electron chi connectivity index (χ0n) is 12.6. The molecule has 0 radical (unpaired) electrons. The summed E-state index contributed by atoms with van der Waals surface area (Å²) in [6.07, 6.45) is 1.93. The van der Waals surface area contributed by atoms with Gasteiger partial charge in [0.1, 0.15) is 11.6 Å². The van der Waals surface area contributed by atoms with Crippen LogP contribution in [-0.4, -0.2) is 38.3 Å². The summed E-state index contributed by atoms with van der Waals surface area (Å²) in [4.78, 5) is 9.25. The number of ether oxygens (including phenoxy) is 1. The highest BCUT2D eigenvalue weighted by Gasteiger charge is 2.18. The van der Waals surface area contributed by atoms with Crippen LogP contribution in [0.15, 0.2) is 42.6 Å². The second kappa shape index (κ2) is 6.04. The van der Waals surface area contributed by atoms with Crippen molar-refractivity contribution in [1.82, 2.24) is 4.98 Å². The Morgan fingerprint density at radius 3 is 2.43 bits per heavy atom. The van der Waals surface area contributed by atoms with Crippen LogP contribution in [0.4, 0.5) is 11.5 Å². The number of nitrogens with zero attached hydrogens (tertiary/aromatic N) is 3. The maximum Gasteiger partial charge on any atom is 0.128 e. The summed E-state index contributed by atoms with van der Waals surface area (Å²) in [6, 6.07) is 12.5. The van der Waals surface area contributed by atoms with Crippen LogP contribution in [0, 0.1) is 6.92 Å². The number of hydrogen-bond acceptors (Lipinski definition) is 4. The molecule has 0 N–H and O–H groups in total. The van der Waals surface area contributed by atoms with E-state index in [9.17, 15) is 0 Å². The number of pyridine rings is 1. The van der Waals surface area contributed by atoms with E-state index in [1.165, 1.54) is 11.3 Å². The standard InChI is InChI=1S/C17H21N3O/c1-14-6-7-17(18-13-14)20-10-8-19(9-11-20)15-4-3-5-16(12-15)21-2/h3-7,12-13H,8-11H2,1-2H3. The van der Waals surface area contributed by atoms with E-state index in [0.29, 0.717) is 0 Å². The zero-order valence-corrected chi connectivity index (χ0v) is 12.6. The van der Waals surface area contributed by atoms with Crippen LogP contribution >= 0.6 is 0 Å². The molecule has 3 rings (SSSR count). The molecule has 0 aliphatic carbocycles. The van der Waals surface area contributed by atoms with Gasteiger partial charge in [0, 0.05) is 44.1 Å². The molecule has 0 atom stereocenters. The molecular formula is C17H21N3O. The molecule has 1 aliphatic rings. The maximum absolute atomic E-state index is 5.30. The fourth-order valence-corrected chi connectivity index (χ4v) is 2.65. The summed E-state index contributed by atoms with van der Waals surface area (Å²) >= 11 is 0. The van der Waals surface area contributed by atoms with Crippen molar-refractivity contribution in [3.05, 3.63) is 48.2 Å². The largest absolute Gasteiger partial charge is 0.497 e. The van der Waals surface area contributed by atoms with Gasteiger partial charge >= 0.3 is 0 Å². The Morgan fingerprint density at radius 2 is 1.76 bits per heavy atom. The number of rotatable bonds is 3. The first-order valence-corrected chi connectivity index (χ1v) is 7.33. The highest BCUT2D eigenvalue weighted by atomic mass is 16.5. The molecule has 1 aromatic heterocycles. The molecule has 0 unspecified atom stereocenters. The monoisotopic (exact) mass is 283 g/mol. The molecule has 0 saturated carbocycles. The van der Waals surface area contributed by atoms with Gasteiger partial charge in [0.25, 0.3) is 0 Å². The van der Waals surface area contributed by atoms with Gasteiger partial charge in [-0.3, -0.25) is 0 Å². The third-order valence-electron chi connectivity index (χ3n) is 3.92. The highest BCUT2D eigenvalue weighted by molar-refractivity contribution is 5.52. The first-order valence-electron chi connectivity index (χ1n) is 7.33. The molecule has 1 aliphatic heterocycles. The van der Waals surface area contributed by atoms with Crippen LogP contribution in [-0.2, 0) is 0 Å². The van der Waals surface area contributed by atoms with Crippen LogP contribution in [0.1, 0.15) is 5.56 Å². The Kier molecular flexibility index (Phi) is 3.95. The average Bonchev–Trinajstić information content (AvgIpc) is 2.56. The van der Waals surface area contributed by atoms with Gasteiger partial charge in [-0.1, -0.05) is 12.1 Å². The number of hydrogen-bond donors (Lipinski definition) is 0. The molecule has 1 saturated heterocycles. The van der Waals surface area contributed by atoms with Crippen LogP contribution in [0.3, 0.4) is 0 Å². The lowest BCUT2D eigenvalue weighted by molar-refractivity contribution is 0.414. The molecule has 0 amide bonds. The first-order chi connectivity index (χ1) is 10.3. The van der Waals surface area contributed by atoms with E-state index in [-0.39, 0.29) is 0 Å². The second-order valence-electron chi connectivity index (χ2n) is 5.37. The Balaban J connectivity index is 1.65. The topological polar surface area (TPSA) is 28.6 Å². The summed E-state index contributed by atoms with van der Waals surface area (Å²) in [5.74, 6) is 1.99. The Hall–Kier alpha value is -2.23. The van der Waals surface area contributed by atoms with Gasteiger partial charge in [0.05, 0.1) is 7.11 Å². The number of benzene rings is 1. The normalized spacial score (nSPS) is 15.1. The smallest absolute Gasteiger partial charge is 0.128 e. The maximum atomic E-state index is 5.30.